The van der Waals surface area contributed by atoms with E-state index in [0.29, 0.717) is 5.69 Å². The topological polar surface area (TPSA) is 96.9 Å². The summed E-state index contributed by atoms with van der Waals surface area (Å²) >= 11 is 0. The van der Waals surface area contributed by atoms with Crippen molar-refractivity contribution in [2.45, 2.75) is 6.54 Å². The molecular formula is C19H16N4O3. The number of rotatable bonds is 5. The fourth-order valence-corrected chi connectivity index (χ4v) is 2.30. The van der Waals surface area contributed by atoms with Crippen LogP contribution in [0.2, 0.25) is 0 Å². The average molecular weight is 348 g/mol. The molecule has 0 atom stereocenters. The molecule has 7 heteroatoms. The first-order valence-electron chi connectivity index (χ1n) is 7.89. The molecule has 3 aromatic rings. The highest BCUT2D eigenvalue weighted by Crippen LogP contribution is 2.13. The molecule has 0 unspecified atom stereocenters. The molecule has 3 rings (SSSR count). The predicted octanol–water partition coefficient (Wildman–Crippen LogP) is 1.74. The lowest BCUT2D eigenvalue weighted by Gasteiger charge is -2.07. The number of aromatic amines is 1. The quantitative estimate of drug-likeness (QED) is 0.734. The van der Waals surface area contributed by atoms with Gasteiger partial charge in [-0.1, -0.05) is 24.3 Å². The first-order valence-corrected chi connectivity index (χ1v) is 7.89. The molecule has 1 amide bonds. The number of hydrogen-bond donors (Lipinski definition) is 2. The summed E-state index contributed by atoms with van der Waals surface area (Å²) in [5.41, 5.74) is 1.41. The van der Waals surface area contributed by atoms with E-state index in [9.17, 15) is 14.4 Å². The third-order valence-corrected chi connectivity index (χ3v) is 3.49. The van der Waals surface area contributed by atoms with Gasteiger partial charge in [0.2, 0.25) is 5.91 Å². The number of amides is 1. The number of carbonyl (C=O) groups is 1. The minimum Gasteiger partial charge on any atom is -0.324 e. The molecule has 0 saturated carbocycles. The maximum absolute atomic E-state index is 12.1. The van der Waals surface area contributed by atoms with Gasteiger partial charge in [0.15, 0.2) is 0 Å². The second-order valence-electron chi connectivity index (χ2n) is 5.50. The van der Waals surface area contributed by atoms with E-state index < -0.39 is 17.0 Å². The number of nitrogens with one attached hydrogen (secondary N) is 2. The van der Waals surface area contributed by atoms with Crippen molar-refractivity contribution < 1.29 is 4.79 Å². The highest BCUT2D eigenvalue weighted by atomic mass is 16.2. The number of pyridine rings is 1. The van der Waals surface area contributed by atoms with Crippen LogP contribution >= 0.6 is 0 Å². The lowest BCUT2D eigenvalue weighted by atomic mass is 10.1. The van der Waals surface area contributed by atoms with E-state index in [1.165, 1.54) is 0 Å². The van der Waals surface area contributed by atoms with Crippen molar-refractivity contribution >= 4 is 23.7 Å². The Hall–Kier alpha value is -3.74. The Morgan fingerprint density at radius 3 is 2.77 bits per heavy atom. The minimum absolute atomic E-state index is 0.275. The SMILES string of the molecule is O=C(Cn1[nH]c(=O)ccc1=O)Nc1cccc(/C=C/c2ccccn2)c1. The molecular weight excluding hydrogens is 332 g/mol. The summed E-state index contributed by atoms with van der Waals surface area (Å²) in [5, 5.41) is 5.02. The Morgan fingerprint density at radius 1 is 1.08 bits per heavy atom. The second kappa shape index (κ2) is 7.89. The van der Waals surface area contributed by atoms with Crippen LogP contribution < -0.4 is 16.4 Å². The van der Waals surface area contributed by atoms with Crippen LogP contribution in [0.5, 0.6) is 0 Å². The molecule has 2 aromatic heterocycles. The third kappa shape index (κ3) is 4.64. The zero-order chi connectivity index (χ0) is 18.4. The van der Waals surface area contributed by atoms with E-state index >= 15 is 0 Å². The van der Waals surface area contributed by atoms with Gasteiger partial charge in [0.05, 0.1) is 5.69 Å². The zero-order valence-corrected chi connectivity index (χ0v) is 13.8. The van der Waals surface area contributed by atoms with Gasteiger partial charge in [-0.15, -0.1) is 0 Å². The van der Waals surface area contributed by atoms with Crippen LogP contribution in [0.25, 0.3) is 12.2 Å². The van der Waals surface area contributed by atoms with Gasteiger partial charge >= 0.3 is 0 Å². The molecule has 0 saturated heterocycles. The van der Waals surface area contributed by atoms with Crippen LogP contribution in [-0.4, -0.2) is 20.7 Å². The summed E-state index contributed by atoms with van der Waals surface area (Å²) in [7, 11) is 0. The number of aromatic nitrogens is 3. The fraction of sp³-hybridized carbons (Fsp3) is 0.0526. The lowest BCUT2D eigenvalue weighted by molar-refractivity contribution is -0.117. The Balaban J connectivity index is 1.69. The van der Waals surface area contributed by atoms with Crippen molar-refractivity contribution in [1.82, 2.24) is 14.8 Å². The van der Waals surface area contributed by atoms with Crippen molar-refractivity contribution in [3.63, 3.8) is 0 Å². The lowest BCUT2D eigenvalue weighted by Crippen LogP contribution is -2.32. The highest BCUT2D eigenvalue weighted by molar-refractivity contribution is 5.91. The summed E-state index contributed by atoms with van der Waals surface area (Å²) in [4.78, 5) is 39.2. The standard InChI is InChI=1S/C19H16N4O3/c24-17-9-10-19(26)23(22-17)13-18(25)21-16-6-3-4-14(12-16)7-8-15-5-1-2-11-20-15/h1-12H,13H2,(H,21,25)(H,22,24)/b8-7+. The van der Waals surface area contributed by atoms with Crippen LogP contribution in [0, 0.1) is 0 Å². The van der Waals surface area contributed by atoms with Crippen molar-refractivity contribution in [3.8, 4) is 0 Å². The van der Waals surface area contributed by atoms with Gasteiger partial charge in [0.25, 0.3) is 11.1 Å². The molecule has 7 nitrogen and oxygen atoms in total. The van der Waals surface area contributed by atoms with Crippen LogP contribution in [0.15, 0.2) is 70.4 Å². The minimum atomic E-state index is -0.452. The van der Waals surface area contributed by atoms with Gasteiger partial charge in [-0.2, -0.15) is 0 Å². The van der Waals surface area contributed by atoms with E-state index in [0.717, 1.165) is 28.1 Å². The molecule has 0 aliphatic rings. The number of anilines is 1. The molecule has 0 aliphatic carbocycles. The zero-order valence-electron chi connectivity index (χ0n) is 13.8. The largest absolute Gasteiger partial charge is 0.324 e. The summed E-state index contributed by atoms with van der Waals surface area (Å²) < 4.78 is 0.961. The molecule has 0 bridgehead atoms. The molecule has 26 heavy (non-hydrogen) atoms. The van der Waals surface area contributed by atoms with Gasteiger partial charge in [-0.05, 0) is 35.9 Å². The Bertz CT molecular complexity index is 1050. The molecule has 0 fully saturated rings. The number of carbonyl (C=O) groups excluding carboxylic acids is 1. The number of H-pyrrole nitrogens is 1. The fourth-order valence-electron chi connectivity index (χ4n) is 2.30. The molecule has 0 aliphatic heterocycles. The monoisotopic (exact) mass is 348 g/mol. The molecule has 2 heterocycles. The molecule has 130 valence electrons. The maximum Gasteiger partial charge on any atom is 0.265 e. The summed E-state index contributed by atoms with van der Waals surface area (Å²) in [6.45, 7) is -0.275. The van der Waals surface area contributed by atoms with Gasteiger partial charge in [-0.25, -0.2) is 4.68 Å². The summed E-state index contributed by atoms with van der Waals surface area (Å²) in [6, 6.07) is 15.1. The van der Waals surface area contributed by atoms with Crippen molar-refractivity contribution in [3.05, 3.63) is 92.8 Å². The van der Waals surface area contributed by atoms with Crippen LogP contribution in [-0.2, 0) is 11.3 Å². The molecule has 1 aromatic carbocycles. The van der Waals surface area contributed by atoms with Crippen molar-refractivity contribution in [2.75, 3.05) is 5.32 Å². The van der Waals surface area contributed by atoms with E-state index in [2.05, 4.69) is 15.4 Å². The second-order valence-corrected chi connectivity index (χ2v) is 5.50. The Labute approximate surface area is 148 Å². The third-order valence-electron chi connectivity index (χ3n) is 3.49. The van der Waals surface area contributed by atoms with Crippen molar-refractivity contribution in [1.29, 1.82) is 0 Å². The van der Waals surface area contributed by atoms with Crippen molar-refractivity contribution in [2.24, 2.45) is 0 Å². The van der Waals surface area contributed by atoms with Gasteiger partial charge in [0, 0.05) is 24.0 Å². The van der Waals surface area contributed by atoms with E-state index in [4.69, 9.17) is 0 Å². The molecule has 0 radical (unpaired) electrons. The number of hydrogen-bond acceptors (Lipinski definition) is 4. The van der Waals surface area contributed by atoms with Crippen LogP contribution in [0.4, 0.5) is 5.69 Å². The summed E-state index contributed by atoms with van der Waals surface area (Å²) in [6.07, 6.45) is 5.47. The van der Waals surface area contributed by atoms with E-state index in [-0.39, 0.29) is 6.54 Å². The Kier molecular flexibility index (Phi) is 5.19. The average Bonchev–Trinajstić information content (AvgIpc) is 2.64. The number of nitrogens with zero attached hydrogens (tertiary/aromatic N) is 2. The van der Waals surface area contributed by atoms with Gasteiger partial charge < -0.3 is 5.32 Å². The van der Waals surface area contributed by atoms with Gasteiger partial charge in [0.1, 0.15) is 6.54 Å². The highest BCUT2D eigenvalue weighted by Gasteiger charge is 2.06. The normalized spacial score (nSPS) is 10.8. The molecule has 2 N–H and O–H groups in total. The van der Waals surface area contributed by atoms with Gasteiger partial charge in [-0.3, -0.25) is 24.5 Å². The molecule has 0 spiro atoms. The first kappa shape index (κ1) is 17.1. The Morgan fingerprint density at radius 2 is 1.96 bits per heavy atom. The van der Waals surface area contributed by atoms with Crippen LogP contribution in [0.1, 0.15) is 11.3 Å². The van der Waals surface area contributed by atoms with E-state index in [1.54, 1.807) is 18.3 Å². The smallest absolute Gasteiger partial charge is 0.265 e. The maximum atomic E-state index is 12.1. The predicted molar refractivity (Wildman–Crippen MR) is 99.6 cm³/mol. The summed E-state index contributed by atoms with van der Waals surface area (Å²) in [5.74, 6) is -0.417. The number of benzene rings is 1. The van der Waals surface area contributed by atoms with E-state index in [1.807, 2.05) is 42.5 Å². The first-order chi connectivity index (χ1) is 12.6. The van der Waals surface area contributed by atoms with Crippen LogP contribution in [0.3, 0.4) is 0 Å².